The third-order valence-corrected chi connectivity index (χ3v) is 2.69. The zero-order valence-electron chi connectivity index (χ0n) is 11.2. The highest BCUT2D eigenvalue weighted by Gasteiger charge is 2.15. The minimum atomic E-state index is -0.0778. The number of nitrogens with zero attached hydrogens (tertiary/aromatic N) is 1. The van der Waals surface area contributed by atoms with E-state index < -0.39 is 0 Å². The van der Waals surface area contributed by atoms with Crippen molar-refractivity contribution < 1.29 is 19.7 Å². The van der Waals surface area contributed by atoms with E-state index in [-0.39, 0.29) is 25.5 Å². The molecule has 0 aliphatic heterocycles. The molecule has 0 bridgehead atoms. The molecule has 0 amide bonds. The Morgan fingerprint density at radius 1 is 1.21 bits per heavy atom. The summed E-state index contributed by atoms with van der Waals surface area (Å²) in [4.78, 5) is 13.9. The van der Waals surface area contributed by atoms with Crippen molar-refractivity contribution in [3.63, 3.8) is 0 Å². The van der Waals surface area contributed by atoms with Crippen LogP contribution in [-0.4, -0.2) is 60.4 Å². The Bertz CT molecular complexity index is 389. The van der Waals surface area contributed by atoms with Gasteiger partial charge < -0.3 is 14.9 Å². The predicted molar refractivity (Wildman–Crippen MR) is 72.6 cm³/mol. The number of ketones is 1. The fourth-order valence-electron chi connectivity index (χ4n) is 1.82. The first kappa shape index (κ1) is 15.6. The molecule has 0 heterocycles. The fourth-order valence-corrected chi connectivity index (χ4v) is 1.82. The van der Waals surface area contributed by atoms with E-state index in [1.54, 1.807) is 23.1 Å². The van der Waals surface area contributed by atoms with Crippen molar-refractivity contribution in [1.29, 1.82) is 0 Å². The van der Waals surface area contributed by atoms with Gasteiger partial charge in [0.2, 0.25) is 0 Å². The van der Waals surface area contributed by atoms with Crippen molar-refractivity contribution in [3.05, 3.63) is 29.8 Å². The summed E-state index contributed by atoms with van der Waals surface area (Å²) in [6, 6.07) is 7.10. The van der Waals surface area contributed by atoms with Crippen LogP contribution in [-0.2, 0) is 0 Å². The van der Waals surface area contributed by atoms with Gasteiger partial charge in [0, 0.05) is 13.1 Å². The average Bonchev–Trinajstić information content (AvgIpc) is 2.40. The van der Waals surface area contributed by atoms with Crippen LogP contribution >= 0.6 is 0 Å². The summed E-state index contributed by atoms with van der Waals surface area (Å²) >= 11 is 0. The maximum atomic E-state index is 12.2. The molecule has 106 valence electrons. The number of carbonyl (C=O) groups is 1. The van der Waals surface area contributed by atoms with Gasteiger partial charge in [-0.2, -0.15) is 0 Å². The van der Waals surface area contributed by atoms with Gasteiger partial charge in [-0.1, -0.05) is 12.1 Å². The molecule has 5 nitrogen and oxygen atoms in total. The van der Waals surface area contributed by atoms with Gasteiger partial charge >= 0.3 is 0 Å². The molecule has 0 aromatic heterocycles. The van der Waals surface area contributed by atoms with Crippen LogP contribution in [0.4, 0.5) is 0 Å². The summed E-state index contributed by atoms with van der Waals surface area (Å²) in [6.45, 7) is 3.17. The summed E-state index contributed by atoms with van der Waals surface area (Å²) in [5.74, 6) is 0.494. The van der Waals surface area contributed by atoms with Gasteiger partial charge in [0.05, 0.1) is 31.9 Å². The van der Waals surface area contributed by atoms with E-state index in [4.69, 9.17) is 14.9 Å². The molecule has 0 aliphatic carbocycles. The summed E-state index contributed by atoms with van der Waals surface area (Å²) in [6.07, 6.45) is 0. The number of benzene rings is 1. The van der Waals surface area contributed by atoms with Gasteiger partial charge in [-0.05, 0) is 19.1 Å². The largest absolute Gasteiger partial charge is 0.493 e. The van der Waals surface area contributed by atoms with Crippen LogP contribution in [0.5, 0.6) is 5.75 Å². The van der Waals surface area contributed by atoms with E-state index in [0.717, 1.165) is 0 Å². The molecule has 19 heavy (non-hydrogen) atoms. The average molecular weight is 267 g/mol. The maximum absolute atomic E-state index is 12.2. The molecule has 0 saturated carbocycles. The molecule has 0 aliphatic rings. The van der Waals surface area contributed by atoms with E-state index >= 15 is 0 Å². The van der Waals surface area contributed by atoms with Gasteiger partial charge in [0.25, 0.3) is 0 Å². The van der Waals surface area contributed by atoms with Crippen LogP contribution in [0.1, 0.15) is 17.3 Å². The lowest BCUT2D eigenvalue weighted by molar-refractivity contribution is 0.0890. The van der Waals surface area contributed by atoms with Crippen molar-refractivity contribution >= 4 is 5.78 Å². The van der Waals surface area contributed by atoms with Crippen LogP contribution in [0.2, 0.25) is 0 Å². The molecule has 0 spiro atoms. The zero-order valence-corrected chi connectivity index (χ0v) is 11.2. The number of aliphatic hydroxyl groups excluding tert-OH is 2. The lowest BCUT2D eigenvalue weighted by atomic mass is 10.1. The Morgan fingerprint density at radius 2 is 1.84 bits per heavy atom. The topological polar surface area (TPSA) is 70.0 Å². The van der Waals surface area contributed by atoms with Gasteiger partial charge in [-0.25, -0.2) is 0 Å². The second-order valence-electron chi connectivity index (χ2n) is 4.08. The molecule has 0 saturated heterocycles. The van der Waals surface area contributed by atoms with E-state index in [1.165, 1.54) is 0 Å². The Hall–Kier alpha value is -1.43. The van der Waals surface area contributed by atoms with Crippen LogP contribution in [0.25, 0.3) is 0 Å². The van der Waals surface area contributed by atoms with E-state index in [0.29, 0.717) is 31.0 Å². The number of para-hydroxylation sites is 1. The second-order valence-corrected chi connectivity index (χ2v) is 4.08. The highest BCUT2D eigenvalue weighted by Crippen LogP contribution is 2.18. The number of hydrogen-bond donors (Lipinski definition) is 2. The molecule has 1 rings (SSSR count). The Morgan fingerprint density at radius 3 is 2.42 bits per heavy atom. The number of carbonyl (C=O) groups excluding carboxylic acids is 1. The molecule has 1 aromatic carbocycles. The molecular weight excluding hydrogens is 246 g/mol. The van der Waals surface area contributed by atoms with Crippen molar-refractivity contribution in [2.75, 3.05) is 39.5 Å². The Labute approximate surface area is 113 Å². The zero-order chi connectivity index (χ0) is 14.1. The van der Waals surface area contributed by atoms with Crippen molar-refractivity contribution in [3.8, 4) is 5.75 Å². The number of rotatable bonds is 9. The van der Waals surface area contributed by atoms with Gasteiger partial charge in [-0.3, -0.25) is 9.69 Å². The number of hydrogen-bond acceptors (Lipinski definition) is 5. The first-order valence-corrected chi connectivity index (χ1v) is 6.42. The summed E-state index contributed by atoms with van der Waals surface area (Å²) in [7, 11) is 0. The van der Waals surface area contributed by atoms with Crippen molar-refractivity contribution in [2.24, 2.45) is 0 Å². The van der Waals surface area contributed by atoms with E-state index in [9.17, 15) is 4.79 Å². The van der Waals surface area contributed by atoms with Crippen molar-refractivity contribution in [2.45, 2.75) is 6.92 Å². The van der Waals surface area contributed by atoms with Crippen LogP contribution < -0.4 is 4.74 Å². The summed E-state index contributed by atoms with van der Waals surface area (Å²) in [5.41, 5.74) is 0.533. The molecule has 1 aromatic rings. The minimum Gasteiger partial charge on any atom is -0.493 e. The fraction of sp³-hybridized carbons (Fsp3) is 0.500. The monoisotopic (exact) mass is 267 g/mol. The van der Waals surface area contributed by atoms with Crippen LogP contribution in [0.3, 0.4) is 0 Å². The van der Waals surface area contributed by atoms with Crippen LogP contribution in [0, 0.1) is 0 Å². The molecule has 0 unspecified atom stereocenters. The first-order chi connectivity index (χ1) is 9.22. The normalized spacial score (nSPS) is 10.7. The molecule has 0 radical (unpaired) electrons. The standard InChI is InChI=1S/C14H21NO4/c1-2-19-14-6-4-3-5-12(14)13(18)11-15(7-9-16)8-10-17/h3-6,16-17H,2,7-11H2,1H3. The number of Topliss-reactive ketones (excluding diaryl/α,β-unsaturated/α-hetero) is 1. The Balaban J connectivity index is 2.75. The highest BCUT2D eigenvalue weighted by molar-refractivity contribution is 6.00. The molecular formula is C14H21NO4. The maximum Gasteiger partial charge on any atom is 0.180 e. The first-order valence-electron chi connectivity index (χ1n) is 6.42. The van der Waals surface area contributed by atoms with E-state index in [1.807, 2.05) is 13.0 Å². The minimum absolute atomic E-state index is 0.0413. The lowest BCUT2D eigenvalue weighted by Crippen LogP contribution is -2.34. The van der Waals surface area contributed by atoms with Crippen molar-refractivity contribution in [1.82, 2.24) is 4.90 Å². The highest BCUT2D eigenvalue weighted by atomic mass is 16.5. The number of aliphatic hydroxyl groups is 2. The Kier molecular flexibility index (Phi) is 7.10. The predicted octanol–water partition coefficient (Wildman–Crippen LogP) is 0.555. The summed E-state index contributed by atoms with van der Waals surface area (Å²) < 4.78 is 5.42. The molecule has 0 fully saturated rings. The SMILES string of the molecule is CCOc1ccccc1C(=O)CN(CCO)CCO. The second kappa shape index (κ2) is 8.63. The van der Waals surface area contributed by atoms with E-state index in [2.05, 4.69) is 0 Å². The molecule has 5 heteroatoms. The molecule has 2 N–H and O–H groups in total. The number of ether oxygens (including phenoxy) is 1. The van der Waals surface area contributed by atoms with Crippen LogP contribution in [0.15, 0.2) is 24.3 Å². The quantitative estimate of drug-likeness (QED) is 0.640. The third kappa shape index (κ3) is 4.98. The third-order valence-electron chi connectivity index (χ3n) is 2.69. The van der Waals surface area contributed by atoms with Gasteiger partial charge in [0.1, 0.15) is 5.75 Å². The van der Waals surface area contributed by atoms with Gasteiger partial charge in [0.15, 0.2) is 5.78 Å². The smallest absolute Gasteiger partial charge is 0.180 e. The lowest BCUT2D eigenvalue weighted by Gasteiger charge is -2.19. The van der Waals surface area contributed by atoms with Gasteiger partial charge in [-0.15, -0.1) is 0 Å². The summed E-state index contributed by atoms with van der Waals surface area (Å²) in [5, 5.41) is 17.9. The molecule has 0 atom stereocenters.